The van der Waals surface area contributed by atoms with Crippen molar-refractivity contribution in [2.45, 2.75) is 0 Å². The lowest BCUT2D eigenvalue weighted by molar-refractivity contribution is -0.384. The van der Waals surface area contributed by atoms with Gasteiger partial charge >= 0.3 is 5.69 Å². The van der Waals surface area contributed by atoms with Gasteiger partial charge in [0, 0.05) is 12.1 Å². The normalized spacial score (nSPS) is 9.07. The Bertz CT molecular complexity index is 397. The monoisotopic (exact) mass is 193 g/mol. The molecule has 0 bridgehead atoms. The number of ether oxygens (including phenoxy) is 1. The van der Waals surface area contributed by atoms with E-state index in [1.165, 1.54) is 12.1 Å². The van der Waals surface area contributed by atoms with Crippen molar-refractivity contribution in [1.82, 2.24) is 4.98 Å². The van der Waals surface area contributed by atoms with E-state index in [4.69, 9.17) is 16.9 Å². The molecule has 0 fully saturated rings. The first-order valence-corrected chi connectivity index (χ1v) is 3.62. The first-order valence-electron chi connectivity index (χ1n) is 3.62. The van der Waals surface area contributed by atoms with Gasteiger partial charge in [-0.25, -0.2) is 0 Å². The molecule has 0 aliphatic heterocycles. The van der Waals surface area contributed by atoms with Gasteiger partial charge in [0.1, 0.15) is 0 Å². The quantitative estimate of drug-likeness (QED) is 0.430. The third-order valence-corrected chi connectivity index (χ3v) is 1.38. The first kappa shape index (κ1) is 9.80. The minimum absolute atomic E-state index is 0.0459. The van der Waals surface area contributed by atoms with Crippen LogP contribution in [0.2, 0.25) is 0 Å². The smallest absolute Gasteiger partial charge is 0.311 e. The van der Waals surface area contributed by atoms with Gasteiger partial charge in [0.25, 0.3) is 0 Å². The van der Waals surface area contributed by atoms with Gasteiger partial charge in [-0.15, -0.1) is 6.42 Å². The maximum Gasteiger partial charge on any atom is 0.311 e. The summed E-state index contributed by atoms with van der Waals surface area (Å²) in [6.07, 6.45) is 4.95. The highest BCUT2D eigenvalue weighted by Crippen LogP contribution is 2.21. The molecule has 0 saturated carbocycles. The van der Waals surface area contributed by atoms with E-state index in [-0.39, 0.29) is 24.0 Å². The zero-order valence-corrected chi connectivity index (χ0v) is 7.14. The van der Waals surface area contributed by atoms with Crippen LogP contribution in [0.25, 0.3) is 0 Å². The van der Waals surface area contributed by atoms with Crippen molar-refractivity contribution in [3.05, 3.63) is 22.2 Å². The minimum atomic E-state index is -0.618. The summed E-state index contributed by atoms with van der Waals surface area (Å²) in [4.78, 5) is 13.4. The Labute approximate surface area is 79.9 Å². The second-order valence-corrected chi connectivity index (χ2v) is 2.30. The highest BCUT2D eigenvalue weighted by atomic mass is 16.6. The summed E-state index contributed by atoms with van der Waals surface area (Å²) in [7, 11) is 0. The molecule has 0 radical (unpaired) electrons. The number of pyridine rings is 1. The molecule has 1 heterocycles. The third kappa shape index (κ3) is 2.10. The lowest BCUT2D eigenvalue weighted by atomic mass is 10.4. The van der Waals surface area contributed by atoms with Gasteiger partial charge in [-0.2, -0.15) is 4.98 Å². The average Bonchev–Trinajstić information content (AvgIpc) is 2.14. The van der Waals surface area contributed by atoms with Crippen molar-refractivity contribution in [3.63, 3.8) is 0 Å². The molecular formula is C8H7N3O3. The predicted molar refractivity (Wildman–Crippen MR) is 49.6 cm³/mol. The second-order valence-electron chi connectivity index (χ2n) is 2.30. The maximum atomic E-state index is 10.4. The van der Waals surface area contributed by atoms with Crippen molar-refractivity contribution in [2.24, 2.45) is 0 Å². The van der Waals surface area contributed by atoms with E-state index in [1.54, 1.807) is 0 Å². The minimum Gasteiger partial charge on any atom is -0.464 e. The van der Waals surface area contributed by atoms with E-state index in [0.717, 1.165) is 0 Å². The van der Waals surface area contributed by atoms with Crippen LogP contribution in [-0.2, 0) is 0 Å². The van der Waals surface area contributed by atoms with Gasteiger partial charge in [-0.1, -0.05) is 5.92 Å². The first-order chi connectivity index (χ1) is 6.65. The van der Waals surface area contributed by atoms with Gasteiger partial charge < -0.3 is 10.5 Å². The van der Waals surface area contributed by atoms with Crippen LogP contribution in [0.15, 0.2) is 12.1 Å². The van der Waals surface area contributed by atoms with E-state index in [2.05, 4.69) is 10.9 Å². The van der Waals surface area contributed by atoms with Crippen molar-refractivity contribution in [3.8, 4) is 18.2 Å². The largest absolute Gasteiger partial charge is 0.464 e. The fourth-order valence-corrected chi connectivity index (χ4v) is 0.799. The van der Waals surface area contributed by atoms with Crippen LogP contribution >= 0.6 is 0 Å². The average molecular weight is 193 g/mol. The number of anilines is 1. The SMILES string of the molecule is C#CCOc1ccc([N+](=O)[O-])c(N)n1. The number of rotatable bonds is 3. The van der Waals surface area contributed by atoms with Crippen LogP contribution in [0.5, 0.6) is 5.88 Å². The molecule has 0 amide bonds. The van der Waals surface area contributed by atoms with Crippen LogP contribution in [0.4, 0.5) is 11.5 Å². The summed E-state index contributed by atoms with van der Waals surface area (Å²) < 4.78 is 4.92. The molecule has 6 nitrogen and oxygen atoms in total. The third-order valence-electron chi connectivity index (χ3n) is 1.38. The number of aromatic nitrogens is 1. The number of nitro groups is 1. The molecule has 6 heteroatoms. The summed E-state index contributed by atoms with van der Waals surface area (Å²) in [5.74, 6) is 2.22. The number of hydrogen-bond donors (Lipinski definition) is 1. The fourth-order valence-electron chi connectivity index (χ4n) is 0.799. The van der Waals surface area contributed by atoms with E-state index < -0.39 is 4.92 Å². The highest BCUT2D eigenvalue weighted by Gasteiger charge is 2.12. The molecule has 1 rings (SSSR count). The Morgan fingerprint density at radius 3 is 2.93 bits per heavy atom. The fraction of sp³-hybridized carbons (Fsp3) is 0.125. The number of nitrogen functional groups attached to an aromatic ring is 1. The molecule has 1 aromatic rings. The number of nitrogens with two attached hydrogens (primary N) is 1. The molecule has 14 heavy (non-hydrogen) atoms. The number of hydrogen-bond acceptors (Lipinski definition) is 5. The van der Waals surface area contributed by atoms with E-state index in [1.807, 2.05) is 0 Å². The lowest BCUT2D eigenvalue weighted by Gasteiger charge is -2.01. The summed E-state index contributed by atoms with van der Waals surface area (Å²) in [5, 5.41) is 10.4. The molecule has 0 aliphatic carbocycles. The van der Waals surface area contributed by atoms with E-state index >= 15 is 0 Å². The number of nitrogens with zero attached hydrogens (tertiary/aromatic N) is 2. The summed E-state index contributed by atoms with van der Waals surface area (Å²) in [6, 6.07) is 2.56. The summed E-state index contributed by atoms with van der Waals surface area (Å²) in [5.41, 5.74) is 5.06. The standard InChI is InChI=1S/C8H7N3O3/c1-2-5-14-7-4-3-6(11(12)13)8(9)10-7/h1,3-4H,5H2,(H2,9,10). The predicted octanol–water partition coefficient (Wildman–Crippen LogP) is 0.584. The van der Waals surface area contributed by atoms with E-state index in [9.17, 15) is 10.1 Å². The van der Waals surface area contributed by atoms with Crippen LogP contribution in [-0.4, -0.2) is 16.5 Å². The molecule has 0 spiro atoms. The Morgan fingerprint density at radius 1 is 1.71 bits per heavy atom. The maximum absolute atomic E-state index is 10.4. The van der Waals surface area contributed by atoms with Crippen molar-refractivity contribution < 1.29 is 9.66 Å². The second kappa shape index (κ2) is 4.09. The molecule has 0 aliphatic rings. The molecule has 0 saturated heterocycles. The van der Waals surface area contributed by atoms with Gasteiger partial charge in [0.2, 0.25) is 11.7 Å². The van der Waals surface area contributed by atoms with Gasteiger partial charge in [0.15, 0.2) is 6.61 Å². The lowest BCUT2D eigenvalue weighted by Crippen LogP contribution is -2.01. The van der Waals surface area contributed by atoms with Crippen LogP contribution in [0.1, 0.15) is 0 Å². The number of terminal acetylenes is 1. The molecule has 1 aromatic heterocycles. The van der Waals surface area contributed by atoms with Crippen LogP contribution in [0.3, 0.4) is 0 Å². The van der Waals surface area contributed by atoms with Crippen molar-refractivity contribution in [1.29, 1.82) is 0 Å². The van der Waals surface area contributed by atoms with Crippen molar-refractivity contribution >= 4 is 11.5 Å². The Morgan fingerprint density at radius 2 is 2.43 bits per heavy atom. The molecule has 0 atom stereocenters. The Kier molecular flexibility index (Phi) is 2.86. The molecule has 0 aromatic carbocycles. The van der Waals surface area contributed by atoms with Crippen LogP contribution < -0.4 is 10.5 Å². The topological polar surface area (TPSA) is 91.3 Å². The Balaban J connectivity index is 2.90. The summed E-state index contributed by atoms with van der Waals surface area (Å²) in [6.45, 7) is 0.0459. The molecule has 72 valence electrons. The molecular weight excluding hydrogens is 186 g/mol. The summed E-state index contributed by atoms with van der Waals surface area (Å²) >= 11 is 0. The van der Waals surface area contributed by atoms with Gasteiger partial charge in [-0.05, 0) is 0 Å². The molecule has 0 unspecified atom stereocenters. The highest BCUT2D eigenvalue weighted by molar-refractivity contribution is 5.53. The van der Waals surface area contributed by atoms with Gasteiger partial charge in [0.05, 0.1) is 4.92 Å². The van der Waals surface area contributed by atoms with E-state index in [0.29, 0.717) is 0 Å². The Hall–Kier alpha value is -2.29. The molecule has 2 N–H and O–H groups in total. The zero-order chi connectivity index (χ0) is 10.6. The zero-order valence-electron chi connectivity index (χ0n) is 7.14. The van der Waals surface area contributed by atoms with Crippen molar-refractivity contribution in [2.75, 3.05) is 12.3 Å². The van der Waals surface area contributed by atoms with Crippen LogP contribution in [0, 0.1) is 22.5 Å². The van der Waals surface area contributed by atoms with Gasteiger partial charge in [-0.3, -0.25) is 10.1 Å².